The van der Waals surface area contributed by atoms with Crippen molar-refractivity contribution in [3.8, 4) is 18.2 Å². The van der Waals surface area contributed by atoms with E-state index in [1.165, 1.54) is 12.1 Å². The van der Waals surface area contributed by atoms with Crippen LogP contribution in [0.15, 0.2) is 0 Å². The molecular weight excluding hydrogens is 235 g/mol. The molecule has 0 aromatic carbocycles. The Balaban J connectivity index is 3.54. The van der Waals surface area contributed by atoms with Crippen molar-refractivity contribution in [2.45, 2.75) is 12.6 Å². The summed E-state index contributed by atoms with van der Waals surface area (Å²) in [5, 5.41) is 25.7. The summed E-state index contributed by atoms with van der Waals surface area (Å²) in [5.74, 6) is -1.56. The maximum atomic E-state index is 12.3. The highest BCUT2D eigenvalue weighted by Gasteiger charge is 2.36. The third-order valence-corrected chi connectivity index (χ3v) is 1.73. The molecule has 1 heterocycles. The second kappa shape index (κ2) is 4.46. The summed E-state index contributed by atoms with van der Waals surface area (Å²) in [7, 11) is 0. The number of alkyl halides is 3. The molecule has 0 aliphatic heterocycles. The second-order valence-electron chi connectivity index (χ2n) is 2.78. The van der Waals surface area contributed by atoms with Gasteiger partial charge in [0.15, 0.2) is 0 Å². The highest BCUT2D eigenvalue weighted by molar-refractivity contribution is 5.42. The molecule has 0 atom stereocenters. The second-order valence-corrected chi connectivity index (χ2v) is 2.78. The first-order valence-corrected chi connectivity index (χ1v) is 4.09. The summed E-state index contributed by atoms with van der Waals surface area (Å²) in [4.78, 5) is 5.98. The monoisotopic (exact) mass is 237 g/mol. The number of nitriles is 3. The summed E-state index contributed by atoms with van der Waals surface area (Å²) in [6.45, 7) is 0. The van der Waals surface area contributed by atoms with Crippen LogP contribution in [0.4, 0.5) is 13.2 Å². The lowest BCUT2D eigenvalue weighted by atomic mass is 10.1. The van der Waals surface area contributed by atoms with Crippen LogP contribution in [-0.2, 0) is 12.6 Å². The van der Waals surface area contributed by atoms with Crippen molar-refractivity contribution in [3.63, 3.8) is 0 Å². The summed E-state index contributed by atoms with van der Waals surface area (Å²) in [5.41, 5.74) is -1.40. The van der Waals surface area contributed by atoms with E-state index in [1.54, 1.807) is 6.07 Å². The highest BCUT2D eigenvalue weighted by Crippen LogP contribution is 2.27. The number of nitrogens with zero attached hydrogens (tertiary/aromatic N) is 5. The predicted molar refractivity (Wildman–Crippen MR) is 45.8 cm³/mol. The molecule has 8 heteroatoms. The molecule has 17 heavy (non-hydrogen) atoms. The maximum absolute atomic E-state index is 12.3. The van der Waals surface area contributed by atoms with E-state index in [0.717, 1.165) is 0 Å². The molecule has 0 spiro atoms. The topological polar surface area (TPSA) is 97.2 Å². The molecule has 0 saturated carbocycles. The fourth-order valence-corrected chi connectivity index (χ4v) is 1.04. The van der Waals surface area contributed by atoms with Gasteiger partial charge in [0.25, 0.3) is 0 Å². The molecule has 5 nitrogen and oxygen atoms in total. The van der Waals surface area contributed by atoms with Crippen LogP contribution in [0.5, 0.6) is 0 Å². The minimum Gasteiger partial charge on any atom is -0.213 e. The van der Waals surface area contributed by atoms with Gasteiger partial charge in [-0.2, -0.15) is 29.0 Å². The Kier molecular flexibility index (Phi) is 3.26. The number of aromatic nitrogens is 2. The Bertz CT molecular complexity index is 535. The van der Waals surface area contributed by atoms with Gasteiger partial charge in [0.05, 0.1) is 12.5 Å². The van der Waals surface area contributed by atoms with Crippen molar-refractivity contribution in [1.29, 1.82) is 15.8 Å². The first-order valence-electron chi connectivity index (χ1n) is 4.09. The lowest BCUT2D eigenvalue weighted by Crippen LogP contribution is -2.15. The zero-order chi connectivity index (χ0) is 13.1. The van der Waals surface area contributed by atoms with Crippen molar-refractivity contribution in [1.82, 2.24) is 9.97 Å². The van der Waals surface area contributed by atoms with Gasteiger partial charge in [-0.25, -0.2) is 9.97 Å². The SMILES string of the molecule is N#CCc1c(C#N)nc(C(F)(F)F)nc1C#N. The third-order valence-electron chi connectivity index (χ3n) is 1.73. The van der Waals surface area contributed by atoms with Gasteiger partial charge in [-0.1, -0.05) is 0 Å². The van der Waals surface area contributed by atoms with Crippen molar-refractivity contribution >= 4 is 0 Å². The first kappa shape index (κ1) is 12.4. The Morgan fingerprint density at radius 3 is 1.76 bits per heavy atom. The van der Waals surface area contributed by atoms with E-state index in [4.69, 9.17) is 15.8 Å². The van der Waals surface area contributed by atoms with Crippen LogP contribution in [0.1, 0.15) is 22.8 Å². The number of hydrogen-bond acceptors (Lipinski definition) is 5. The van der Waals surface area contributed by atoms with Gasteiger partial charge < -0.3 is 0 Å². The van der Waals surface area contributed by atoms with E-state index >= 15 is 0 Å². The minimum atomic E-state index is -4.84. The first-order chi connectivity index (χ1) is 7.93. The fraction of sp³-hybridized carbons (Fsp3) is 0.222. The van der Waals surface area contributed by atoms with E-state index in [-0.39, 0.29) is 5.56 Å². The quantitative estimate of drug-likeness (QED) is 0.733. The number of rotatable bonds is 1. The predicted octanol–water partition coefficient (Wildman–Crippen LogP) is 1.30. The van der Waals surface area contributed by atoms with Crippen LogP contribution in [0.2, 0.25) is 0 Å². The average Bonchev–Trinajstić information content (AvgIpc) is 2.28. The summed E-state index contributed by atoms with van der Waals surface area (Å²) in [6, 6.07) is 4.46. The molecule has 0 bridgehead atoms. The zero-order valence-corrected chi connectivity index (χ0v) is 8.08. The zero-order valence-electron chi connectivity index (χ0n) is 8.08. The Hall–Kier alpha value is -2.66. The fourth-order valence-electron chi connectivity index (χ4n) is 1.04. The Morgan fingerprint density at radius 1 is 1.00 bits per heavy atom. The smallest absolute Gasteiger partial charge is 0.213 e. The summed E-state index contributed by atoms with van der Waals surface area (Å²) >= 11 is 0. The van der Waals surface area contributed by atoms with Gasteiger partial charge in [-0.05, 0) is 0 Å². The highest BCUT2D eigenvalue weighted by atomic mass is 19.4. The van der Waals surface area contributed by atoms with Crippen LogP contribution in [0, 0.1) is 34.0 Å². The van der Waals surface area contributed by atoms with Gasteiger partial charge in [0, 0.05) is 5.56 Å². The van der Waals surface area contributed by atoms with Gasteiger partial charge in [-0.3, -0.25) is 0 Å². The van der Waals surface area contributed by atoms with E-state index in [2.05, 4.69) is 9.97 Å². The van der Waals surface area contributed by atoms with Gasteiger partial charge >= 0.3 is 6.18 Å². The van der Waals surface area contributed by atoms with Gasteiger partial charge in [-0.15, -0.1) is 0 Å². The normalized spacial score (nSPS) is 10.1. The van der Waals surface area contributed by atoms with Crippen molar-refractivity contribution in [3.05, 3.63) is 22.8 Å². The van der Waals surface area contributed by atoms with Crippen LogP contribution in [-0.4, -0.2) is 9.97 Å². The summed E-state index contributed by atoms with van der Waals surface area (Å²) in [6.07, 6.45) is -5.24. The molecule has 84 valence electrons. The van der Waals surface area contributed by atoms with E-state index < -0.39 is 29.8 Å². The molecule has 1 rings (SSSR count). The minimum absolute atomic E-state index is 0.189. The number of halogens is 3. The van der Waals surface area contributed by atoms with Crippen molar-refractivity contribution in [2.75, 3.05) is 0 Å². The van der Waals surface area contributed by atoms with E-state index in [0.29, 0.717) is 0 Å². The molecule has 0 aliphatic rings. The van der Waals surface area contributed by atoms with E-state index in [9.17, 15) is 13.2 Å². The lowest BCUT2D eigenvalue weighted by Gasteiger charge is -2.07. The molecule has 0 saturated heterocycles. The molecule has 1 aromatic heterocycles. The lowest BCUT2D eigenvalue weighted by molar-refractivity contribution is -0.145. The van der Waals surface area contributed by atoms with Crippen LogP contribution < -0.4 is 0 Å². The molecule has 1 aromatic rings. The molecule has 0 N–H and O–H groups in total. The van der Waals surface area contributed by atoms with Gasteiger partial charge in [0.2, 0.25) is 5.82 Å². The van der Waals surface area contributed by atoms with Crippen LogP contribution in [0.25, 0.3) is 0 Å². The largest absolute Gasteiger partial charge is 0.451 e. The van der Waals surface area contributed by atoms with Gasteiger partial charge in [0.1, 0.15) is 23.5 Å². The summed E-state index contributed by atoms with van der Waals surface area (Å²) < 4.78 is 37.0. The third kappa shape index (κ3) is 2.47. The van der Waals surface area contributed by atoms with E-state index in [1.807, 2.05) is 0 Å². The molecule has 0 aliphatic carbocycles. The van der Waals surface area contributed by atoms with Crippen LogP contribution >= 0.6 is 0 Å². The Labute approximate surface area is 93.4 Å². The molecule has 0 fully saturated rings. The van der Waals surface area contributed by atoms with Crippen LogP contribution in [0.3, 0.4) is 0 Å². The maximum Gasteiger partial charge on any atom is 0.451 e. The van der Waals surface area contributed by atoms with Crippen molar-refractivity contribution < 1.29 is 13.2 Å². The Morgan fingerprint density at radius 2 is 1.47 bits per heavy atom. The standard InChI is InChI=1S/C9H2F3N5/c10-9(11,12)8-16-6(3-14)5(1-2-13)7(4-15)17-8/h1H2. The van der Waals surface area contributed by atoms with Crippen molar-refractivity contribution in [2.24, 2.45) is 0 Å². The molecule has 0 radical (unpaired) electrons. The molecule has 0 unspecified atom stereocenters. The molecule has 0 amide bonds. The molecular formula is C9H2F3N5. The number of hydrogen-bond donors (Lipinski definition) is 0. The average molecular weight is 237 g/mol.